The van der Waals surface area contributed by atoms with Gasteiger partial charge in [0.15, 0.2) is 0 Å². The van der Waals surface area contributed by atoms with E-state index in [4.69, 9.17) is 4.74 Å². The summed E-state index contributed by atoms with van der Waals surface area (Å²) in [6.07, 6.45) is 7.53. The van der Waals surface area contributed by atoms with Crippen LogP contribution in [0.1, 0.15) is 45.4 Å². The van der Waals surface area contributed by atoms with Gasteiger partial charge >= 0.3 is 5.97 Å². The largest absolute Gasteiger partial charge is 0.468 e. The first-order valence-electron chi connectivity index (χ1n) is 6.61. The van der Waals surface area contributed by atoms with Gasteiger partial charge in [0, 0.05) is 12.6 Å². The zero-order valence-electron chi connectivity index (χ0n) is 10.4. The van der Waals surface area contributed by atoms with E-state index in [0.29, 0.717) is 6.04 Å². The lowest BCUT2D eigenvalue weighted by atomic mass is 9.79. The quantitative estimate of drug-likeness (QED) is 0.690. The molecule has 1 aliphatic carbocycles. The van der Waals surface area contributed by atoms with Crippen LogP contribution in [0.15, 0.2) is 0 Å². The number of likely N-dealkylation sites (tertiary alicyclic amines) is 1. The Bertz CT molecular complexity index is 254. The van der Waals surface area contributed by atoms with Crippen LogP contribution in [0.25, 0.3) is 0 Å². The molecule has 3 atom stereocenters. The van der Waals surface area contributed by atoms with Crippen LogP contribution in [0.5, 0.6) is 0 Å². The minimum atomic E-state index is -0.0355. The molecule has 3 heteroatoms. The van der Waals surface area contributed by atoms with Crippen molar-refractivity contribution < 1.29 is 9.53 Å². The Morgan fingerprint density at radius 2 is 2.06 bits per heavy atom. The van der Waals surface area contributed by atoms with Gasteiger partial charge in [0.1, 0.15) is 6.04 Å². The van der Waals surface area contributed by atoms with Crippen molar-refractivity contribution in [1.29, 1.82) is 0 Å². The van der Waals surface area contributed by atoms with E-state index < -0.39 is 0 Å². The highest BCUT2D eigenvalue weighted by Crippen LogP contribution is 2.35. The first-order chi connectivity index (χ1) is 7.77. The maximum Gasteiger partial charge on any atom is 0.323 e. The fraction of sp³-hybridized carbons (Fsp3) is 0.923. The molecule has 3 unspecified atom stereocenters. The van der Waals surface area contributed by atoms with Crippen LogP contribution in [0.3, 0.4) is 0 Å². The zero-order valence-corrected chi connectivity index (χ0v) is 10.4. The summed E-state index contributed by atoms with van der Waals surface area (Å²) in [4.78, 5) is 14.0. The normalized spacial score (nSPS) is 35.5. The maximum atomic E-state index is 11.6. The average molecular weight is 225 g/mol. The van der Waals surface area contributed by atoms with Gasteiger partial charge in [-0.15, -0.1) is 0 Å². The van der Waals surface area contributed by atoms with Gasteiger partial charge in [-0.1, -0.05) is 26.2 Å². The molecule has 0 aromatic rings. The van der Waals surface area contributed by atoms with Crippen molar-refractivity contribution in [3.63, 3.8) is 0 Å². The number of ether oxygens (including phenoxy) is 1. The number of methoxy groups -OCH3 is 1. The fourth-order valence-electron chi connectivity index (χ4n) is 3.29. The molecule has 0 aromatic heterocycles. The lowest BCUT2D eigenvalue weighted by Crippen LogP contribution is -2.59. The molecule has 92 valence electrons. The number of nitrogens with zero attached hydrogens (tertiary/aromatic N) is 1. The van der Waals surface area contributed by atoms with E-state index in [-0.39, 0.29) is 12.0 Å². The second-order valence-electron chi connectivity index (χ2n) is 5.09. The summed E-state index contributed by atoms with van der Waals surface area (Å²) in [5.74, 6) is 0.757. The second-order valence-corrected chi connectivity index (χ2v) is 5.09. The van der Waals surface area contributed by atoms with Crippen LogP contribution >= 0.6 is 0 Å². The summed E-state index contributed by atoms with van der Waals surface area (Å²) in [5.41, 5.74) is 0. The SMILES string of the molecule is CCC1CCCCC1N1CCC1C(=O)OC. The van der Waals surface area contributed by atoms with Crippen molar-refractivity contribution in [1.82, 2.24) is 4.90 Å². The number of carbonyl (C=O) groups excluding carboxylic acids is 1. The van der Waals surface area contributed by atoms with E-state index in [1.165, 1.54) is 39.2 Å². The fourth-order valence-corrected chi connectivity index (χ4v) is 3.29. The van der Waals surface area contributed by atoms with Crippen molar-refractivity contribution in [2.45, 2.75) is 57.5 Å². The molecule has 3 nitrogen and oxygen atoms in total. The standard InChI is InChI=1S/C13H23NO2/c1-3-10-6-4-5-7-11(10)14-9-8-12(14)13(15)16-2/h10-12H,3-9H2,1-2H3. The van der Waals surface area contributed by atoms with Gasteiger partial charge in [-0.3, -0.25) is 9.69 Å². The summed E-state index contributed by atoms with van der Waals surface area (Å²) in [7, 11) is 1.50. The van der Waals surface area contributed by atoms with Gasteiger partial charge in [0.05, 0.1) is 7.11 Å². The first-order valence-corrected chi connectivity index (χ1v) is 6.61. The Morgan fingerprint density at radius 1 is 1.31 bits per heavy atom. The van der Waals surface area contributed by atoms with Crippen LogP contribution in [0.2, 0.25) is 0 Å². The Morgan fingerprint density at radius 3 is 2.62 bits per heavy atom. The molecule has 16 heavy (non-hydrogen) atoms. The molecular weight excluding hydrogens is 202 g/mol. The number of hydrogen-bond donors (Lipinski definition) is 0. The van der Waals surface area contributed by atoms with Crippen LogP contribution in [-0.2, 0) is 9.53 Å². The summed E-state index contributed by atoms with van der Waals surface area (Å²) in [6, 6.07) is 0.693. The third-order valence-corrected chi connectivity index (χ3v) is 4.35. The maximum absolute atomic E-state index is 11.6. The van der Waals surface area contributed by atoms with E-state index in [0.717, 1.165) is 18.9 Å². The molecule has 0 N–H and O–H groups in total. The van der Waals surface area contributed by atoms with Crippen LogP contribution in [0.4, 0.5) is 0 Å². The van der Waals surface area contributed by atoms with E-state index in [1.54, 1.807) is 0 Å². The summed E-state index contributed by atoms with van der Waals surface area (Å²) in [5, 5.41) is 0. The van der Waals surface area contributed by atoms with Gasteiger partial charge < -0.3 is 4.74 Å². The number of hydrogen-bond acceptors (Lipinski definition) is 3. The van der Waals surface area contributed by atoms with Crippen molar-refractivity contribution in [3.05, 3.63) is 0 Å². The molecule has 1 heterocycles. The summed E-state index contributed by atoms with van der Waals surface area (Å²) >= 11 is 0. The minimum absolute atomic E-state index is 0.0355. The van der Waals surface area contributed by atoms with Crippen LogP contribution in [-0.4, -0.2) is 36.6 Å². The highest BCUT2D eigenvalue weighted by atomic mass is 16.5. The Hall–Kier alpha value is -0.570. The number of carbonyl (C=O) groups is 1. The molecule has 0 aromatic carbocycles. The molecule has 1 saturated heterocycles. The third kappa shape index (κ3) is 2.10. The van der Waals surface area contributed by atoms with E-state index in [2.05, 4.69) is 11.8 Å². The highest BCUT2D eigenvalue weighted by Gasteiger charge is 2.42. The van der Waals surface area contributed by atoms with Crippen LogP contribution in [0, 0.1) is 5.92 Å². The van der Waals surface area contributed by atoms with Gasteiger partial charge in [-0.25, -0.2) is 0 Å². The molecule has 2 aliphatic rings. The van der Waals surface area contributed by atoms with E-state index in [1.807, 2.05) is 0 Å². The zero-order chi connectivity index (χ0) is 11.5. The van der Waals surface area contributed by atoms with Crippen molar-refractivity contribution >= 4 is 5.97 Å². The molecular formula is C13H23NO2. The lowest BCUT2D eigenvalue weighted by molar-refractivity contribution is -0.155. The van der Waals surface area contributed by atoms with E-state index >= 15 is 0 Å². The molecule has 2 rings (SSSR count). The van der Waals surface area contributed by atoms with Gasteiger partial charge in [-0.2, -0.15) is 0 Å². The van der Waals surface area contributed by atoms with Gasteiger partial charge in [-0.05, 0) is 25.2 Å². The predicted octanol–water partition coefficient (Wildman–Crippen LogP) is 2.20. The third-order valence-electron chi connectivity index (χ3n) is 4.35. The van der Waals surface area contributed by atoms with Gasteiger partial charge in [0.25, 0.3) is 0 Å². The van der Waals surface area contributed by atoms with E-state index in [9.17, 15) is 4.79 Å². The first kappa shape index (κ1) is 11.9. The molecule has 0 bridgehead atoms. The highest BCUT2D eigenvalue weighted by molar-refractivity contribution is 5.76. The predicted molar refractivity (Wildman–Crippen MR) is 63.2 cm³/mol. The second kappa shape index (κ2) is 5.17. The molecule has 0 radical (unpaired) electrons. The topological polar surface area (TPSA) is 29.5 Å². The average Bonchev–Trinajstić information content (AvgIpc) is 2.28. The number of esters is 1. The van der Waals surface area contributed by atoms with Crippen LogP contribution < -0.4 is 0 Å². The summed E-state index contributed by atoms with van der Waals surface area (Å²) in [6.45, 7) is 3.36. The van der Waals surface area contributed by atoms with Crippen molar-refractivity contribution in [2.75, 3.05) is 13.7 Å². The molecule has 0 amide bonds. The minimum Gasteiger partial charge on any atom is -0.468 e. The van der Waals surface area contributed by atoms with Gasteiger partial charge in [0.2, 0.25) is 0 Å². The molecule has 0 spiro atoms. The lowest BCUT2D eigenvalue weighted by Gasteiger charge is -2.48. The Labute approximate surface area is 98.1 Å². The monoisotopic (exact) mass is 225 g/mol. The Kier molecular flexibility index (Phi) is 3.85. The molecule has 2 fully saturated rings. The number of rotatable bonds is 3. The van der Waals surface area contributed by atoms with Crippen molar-refractivity contribution in [3.8, 4) is 0 Å². The van der Waals surface area contributed by atoms with Crippen molar-refractivity contribution in [2.24, 2.45) is 5.92 Å². The summed E-state index contributed by atoms with van der Waals surface area (Å²) < 4.78 is 4.86. The molecule has 1 saturated carbocycles. The smallest absolute Gasteiger partial charge is 0.323 e. The molecule has 1 aliphatic heterocycles. The Balaban J connectivity index is 1.97.